The lowest BCUT2D eigenvalue weighted by molar-refractivity contribution is -0.113. The summed E-state index contributed by atoms with van der Waals surface area (Å²) in [5.41, 5.74) is 2.97. The number of anilines is 1. The molecule has 2 aromatic carbocycles. The SMILES string of the molecule is CCOc1ccc2nc(NC(=O)CSc3nnc(C)n3-c3ccccc3C)sc2c1. The molecule has 4 rings (SSSR count). The summed E-state index contributed by atoms with van der Waals surface area (Å²) in [6.07, 6.45) is 0. The molecule has 9 heteroatoms. The van der Waals surface area contributed by atoms with Crippen LogP contribution in [-0.4, -0.2) is 38.0 Å². The van der Waals surface area contributed by atoms with Crippen molar-refractivity contribution in [1.29, 1.82) is 0 Å². The smallest absolute Gasteiger partial charge is 0.236 e. The number of carbonyl (C=O) groups is 1. The normalized spacial score (nSPS) is 11.0. The predicted molar refractivity (Wildman–Crippen MR) is 121 cm³/mol. The molecule has 1 amide bonds. The number of aromatic nitrogens is 4. The first-order chi connectivity index (χ1) is 14.5. The molecule has 2 aromatic heterocycles. The molecule has 0 atom stereocenters. The number of aryl methyl sites for hydroxylation is 2. The second-order valence-electron chi connectivity index (χ2n) is 6.57. The lowest BCUT2D eigenvalue weighted by Gasteiger charge is -2.10. The number of carbonyl (C=O) groups excluding carboxylic acids is 1. The Hall–Kier alpha value is -2.91. The minimum Gasteiger partial charge on any atom is -0.494 e. The van der Waals surface area contributed by atoms with Crippen LogP contribution in [0.3, 0.4) is 0 Å². The Bertz CT molecular complexity index is 1200. The number of para-hydroxylation sites is 1. The molecule has 0 unspecified atom stereocenters. The number of nitrogens with one attached hydrogen (secondary N) is 1. The topological polar surface area (TPSA) is 81.9 Å². The lowest BCUT2D eigenvalue weighted by atomic mass is 10.2. The second kappa shape index (κ2) is 8.85. The zero-order valence-corrected chi connectivity index (χ0v) is 18.5. The third-order valence-electron chi connectivity index (χ3n) is 4.40. The highest BCUT2D eigenvalue weighted by atomic mass is 32.2. The summed E-state index contributed by atoms with van der Waals surface area (Å²) in [4.78, 5) is 17.0. The summed E-state index contributed by atoms with van der Waals surface area (Å²) in [7, 11) is 0. The van der Waals surface area contributed by atoms with Gasteiger partial charge < -0.3 is 10.1 Å². The number of amides is 1. The van der Waals surface area contributed by atoms with Gasteiger partial charge in [0.05, 0.1) is 28.3 Å². The van der Waals surface area contributed by atoms with E-state index in [0.717, 1.165) is 33.0 Å². The van der Waals surface area contributed by atoms with E-state index in [-0.39, 0.29) is 11.7 Å². The third kappa shape index (κ3) is 4.31. The van der Waals surface area contributed by atoms with Gasteiger partial charge in [0.25, 0.3) is 0 Å². The summed E-state index contributed by atoms with van der Waals surface area (Å²) in [6, 6.07) is 13.8. The molecule has 0 aliphatic rings. The Morgan fingerprint density at radius 2 is 2.03 bits per heavy atom. The fourth-order valence-corrected chi connectivity index (χ4v) is 4.73. The Labute approximate surface area is 182 Å². The van der Waals surface area contributed by atoms with Crippen LogP contribution in [0.15, 0.2) is 47.6 Å². The molecular weight excluding hydrogens is 418 g/mol. The van der Waals surface area contributed by atoms with Crippen molar-refractivity contribution in [2.24, 2.45) is 0 Å². The largest absolute Gasteiger partial charge is 0.494 e. The predicted octanol–water partition coefficient (Wildman–Crippen LogP) is 4.62. The first-order valence-electron chi connectivity index (χ1n) is 9.49. The molecule has 7 nitrogen and oxygen atoms in total. The molecule has 2 heterocycles. The summed E-state index contributed by atoms with van der Waals surface area (Å²) >= 11 is 2.78. The number of nitrogens with zero attached hydrogens (tertiary/aromatic N) is 4. The van der Waals surface area contributed by atoms with Crippen LogP contribution in [0, 0.1) is 13.8 Å². The number of hydrogen-bond donors (Lipinski definition) is 1. The van der Waals surface area contributed by atoms with Crippen LogP contribution >= 0.6 is 23.1 Å². The molecule has 154 valence electrons. The van der Waals surface area contributed by atoms with E-state index in [1.54, 1.807) is 0 Å². The zero-order valence-electron chi connectivity index (χ0n) is 16.9. The number of thioether (sulfide) groups is 1. The Balaban J connectivity index is 1.45. The van der Waals surface area contributed by atoms with E-state index in [4.69, 9.17) is 4.74 Å². The molecule has 30 heavy (non-hydrogen) atoms. The van der Waals surface area contributed by atoms with Gasteiger partial charge in [0.2, 0.25) is 5.91 Å². The van der Waals surface area contributed by atoms with Crippen LogP contribution in [0.4, 0.5) is 5.13 Å². The summed E-state index contributed by atoms with van der Waals surface area (Å²) in [5.74, 6) is 1.65. The zero-order chi connectivity index (χ0) is 21.1. The molecule has 0 aliphatic carbocycles. The fraction of sp³-hybridized carbons (Fsp3) is 0.238. The number of thiazole rings is 1. The van der Waals surface area contributed by atoms with Crippen molar-refractivity contribution in [2.45, 2.75) is 25.9 Å². The molecule has 0 fully saturated rings. The van der Waals surface area contributed by atoms with Gasteiger partial charge >= 0.3 is 0 Å². The standard InChI is InChI=1S/C21H21N5O2S2/c1-4-28-15-9-10-16-18(11-15)30-20(22-16)23-19(27)12-29-21-25-24-14(3)26(21)17-8-6-5-7-13(17)2/h5-11H,4,12H2,1-3H3,(H,22,23,27). The molecule has 0 bridgehead atoms. The molecule has 4 aromatic rings. The maximum absolute atomic E-state index is 12.5. The van der Waals surface area contributed by atoms with Crippen LogP contribution in [0.25, 0.3) is 15.9 Å². The van der Waals surface area contributed by atoms with Crippen molar-refractivity contribution < 1.29 is 9.53 Å². The summed E-state index contributed by atoms with van der Waals surface area (Å²) < 4.78 is 8.47. The first kappa shape index (κ1) is 20.4. The van der Waals surface area contributed by atoms with Gasteiger partial charge in [-0.2, -0.15) is 0 Å². The maximum atomic E-state index is 12.5. The Kier molecular flexibility index (Phi) is 6.01. The van der Waals surface area contributed by atoms with E-state index in [9.17, 15) is 4.79 Å². The first-order valence-corrected chi connectivity index (χ1v) is 11.3. The van der Waals surface area contributed by atoms with E-state index in [1.165, 1.54) is 23.1 Å². The van der Waals surface area contributed by atoms with E-state index in [2.05, 4.69) is 20.5 Å². The van der Waals surface area contributed by atoms with Crippen LogP contribution in [-0.2, 0) is 4.79 Å². The van der Waals surface area contributed by atoms with Crippen LogP contribution < -0.4 is 10.1 Å². The minimum atomic E-state index is -0.138. The Morgan fingerprint density at radius 1 is 1.20 bits per heavy atom. The fourth-order valence-electron chi connectivity index (χ4n) is 3.03. The molecule has 0 aliphatic heterocycles. The van der Waals surface area contributed by atoms with Crippen molar-refractivity contribution in [3.8, 4) is 11.4 Å². The van der Waals surface area contributed by atoms with E-state index in [0.29, 0.717) is 16.9 Å². The highest BCUT2D eigenvalue weighted by Gasteiger charge is 2.15. The molecule has 0 saturated heterocycles. The number of fused-ring (bicyclic) bond motifs is 1. The molecular formula is C21H21N5O2S2. The van der Waals surface area contributed by atoms with Crippen LogP contribution in [0.5, 0.6) is 5.75 Å². The number of ether oxygens (including phenoxy) is 1. The highest BCUT2D eigenvalue weighted by molar-refractivity contribution is 7.99. The van der Waals surface area contributed by atoms with Gasteiger partial charge in [-0.05, 0) is 50.6 Å². The average Bonchev–Trinajstić information content (AvgIpc) is 3.29. The lowest BCUT2D eigenvalue weighted by Crippen LogP contribution is -2.14. The van der Waals surface area contributed by atoms with Gasteiger partial charge in [-0.25, -0.2) is 4.98 Å². The van der Waals surface area contributed by atoms with Crippen molar-refractivity contribution in [3.05, 3.63) is 53.9 Å². The quantitative estimate of drug-likeness (QED) is 0.423. The van der Waals surface area contributed by atoms with Crippen molar-refractivity contribution in [3.63, 3.8) is 0 Å². The van der Waals surface area contributed by atoms with Gasteiger partial charge in [-0.3, -0.25) is 9.36 Å². The van der Waals surface area contributed by atoms with Gasteiger partial charge in [0.1, 0.15) is 11.6 Å². The van der Waals surface area contributed by atoms with Gasteiger partial charge in [0.15, 0.2) is 10.3 Å². The van der Waals surface area contributed by atoms with Crippen molar-refractivity contribution in [2.75, 3.05) is 17.7 Å². The summed E-state index contributed by atoms with van der Waals surface area (Å²) in [6.45, 7) is 6.50. The summed E-state index contributed by atoms with van der Waals surface area (Å²) in [5, 5.41) is 12.6. The van der Waals surface area contributed by atoms with Gasteiger partial charge in [-0.1, -0.05) is 41.3 Å². The third-order valence-corrected chi connectivity index (χ3v) is 6.26. The van der Waals surface area contributed by atoms with Gasteiger partial charge in [0, 0.05) is 0 Å². The van der Waals surface area contributed by atoms with Crippen molar-refractivity contribution >= 4 is 44.4 Å². The minimum absolute atomic E-state index is 0.138. The number of benzene rings is 2. The monoisotopic (exact) mass is 439 g/mol. The highest BCUT2D eigenvalue weighted by Crippen LogP contribution is 2.30. The molecule has 0 spiro atoms. The number of rotatable bonds is 7. The molecule has 1 N–H and O–H groups in total. The number of hydrogen-bond acceptors (Lipinski definition) is 7. The van der Waals surface area contributed by atoms with E-state index >= 15 is 0 Å². The van der Waals surface area contributed by atoms with Crippen molar-refractivity contribution in [1.82, 2.24) is 19.7 Å². The molecule has 0 saturated carbocycles. The second-order valence-corrected chi connectivity index (χ2v) is 8.54. The average molecular weight is 440 g/mol. The molecule has 0 radical (unpaired) electrons. The van der Waals surface area contributed by atoms with Crippen LogP contribution in [0.2, 0.25) is 0 Å². The van der Waals surface area contributed by atoms with E-state index in [1.807, 2.05) is 67.8 Å². The Morgan fingerprint density at radius 3 is 2.83 bits per heavy atom. The van der Waals surface area contributed by atoms with E-state index < -0.39 is 0 Å². The van der Waals surface area contributed by atoms with Crippen LogP contribution in [0.1, 0.15) is 18.3 Å². The van der Waals surface area contributed by atoms with Gasteiger partial charge in [-0.15, -0.1) is 10.2 Å². The maximum Gasteiger partial charge on any atom is 0.236 e.